The molecule has 0 aliphatic carbocycles. The first kappa shape index (κ1) is 26.9. The van der Waals surface area contributed by atoms with Gasteiger partial charge in [0.25, 0.3) is 0 Å². The summed E-state index contributed by atoms with van der Waals surface area (Å²) in [6, 6.07) is 20.6. The Labute approximate surface area is 223 Å². The minimum Gasteiger partial charge on any atom is -0.403 e. The molecule has 10 heteroatoms. The SMILES string of the molecule is CSc1cccc(-c2ccc(-n3cc(C(F)(F)F)nc3C)c(N(N)/C(=C\N)c3ccc(C)c(C#N)c3)c2)c1. The molecule has 0 saturated heterocycles. The average Bonchev–Trinajstić information content (AvgIpc) is 3.31. The van der Waals surface area contributed by atoms with E-state index in [0.29, 0.717) is 28.2 Å². The van der Waals surface area contributed by atoms with Crippen LogP contribution in [0, 0.1) is 25.2 Å². The summed E-state index contributed by atoms with van der Waals surface area (Å²) in [7, 11) is 0. The van der Waals surface area contributed by atoms with Crippen LogP contribution in [0.2, 0.25) is 0 Å². The number of halogens is 3. The Hall–Kier alpha value is -4.20. The molecule has 0 bridgehead atoms. The van der Waals surface area contributed by atoms with E-state index in [4.69, 9.17) is 11.6 Å². The molecule has 0 aliphatic heterocycles. The molecule has 4 aromatic rings. The largest absolute Gasteiger partial charge is 0.434 e. The van der Waals surface area contributed by atoms with Gasteiger partial charge in [0.2, 0.25) is 0 Å². The van der Waals surface area contributed by atoms with Crippen LogP contribution in [0.1, 0.15) is 28.2 Å². The summed E-state index contributed by atoms with van der Waals surface area (Å²) in [6.45, 7) is 3.31. The normalized spacial score (nSPS) is 11.9. The van der Waals surface area contributed by atoms with Crippen LogP contribution in [-0.4, -0.2) is 15.8 Å². The Morgan fingerprint density at radius 2 is 1.82 bits per heavy atom. The third-order valence-corrected chi connectivity index (χ3v) is 6.87. The highest BCUT2D eigenvalue weighted by molar-refractivity contribution is 7.98. The van der Waals surface area contributed by atoms with Crippen LogP contribution in [0.15, 0.2) is 78.0 Å². The number of aryl methyl sites for hydroxylation is 2. The quantitative estimate of drug-likeness (QED) is 0.169. The van der Waals surface area contributed by atoms with Gasteiger partial charge in [-0.15, -0.1) is 11.8 Å². The molecule has 4 rings (SSSR count). The van der Waals surface area contributed by atoms with Gasteiger partial charge < -0.3 is 10.3 Å². The topological polar surface area (TPSA) is 96.9 Å². The molecule has 38 heavy (non-hydrogen) atoms. The Kier molecular flexibility index (Phi) is 7.53. The first-order valence-corrected chi connectivity index (χ1v) is 12.7. The van der Waals surface area contributed by atoms with E-state index in [1.54, 1.807) is 42.1 Å². The number of hydrogen-bond donors (Lipinski definition) is 2. The molecular weight excluding hydrogens is 509 g/mol. The first-order chi connectivity index (χ1) is 18.1. The first-order valence-electron chi connectivity index (χ1n) is 11.5. The summed E-state index contributed by atoms with van der Waals surface area (Å²) in [4.78, 5) is 4.78. The van der Waals surface area contributed by atoms with Gasteiger partial charge in [0.1, 0.15) is 5.82 Å². The Morgan fingerprint density at radius 1 is 1.08 bits per heavy atom. The van der Waals surface area contributed by atoms with Crippen molar-refractivity contribution in [1.82, 2.24) is 9.55 Å². The van der Waals surface area contributed by atoms with Crippen molar-refractivity contribution in [2.24, 2.45) is 11.6 Å². The maximum atomic E-state index is 13.5. The van der Waals surface area contributed by atoms with Crippen LogP contribution in [0.25, 0.3) is 22.5 Å². The summed E-state index contributed by atoms with van der Waals surface area (Å²) in [5, 5.41) is 10.8. The zero-order valence-corrected chi connectivity index (χ0v) is 21.7. The molecule has 194 valence electrons. The van der Waals surface area contributed by atoms with Crippen LogP contribution in [-0.2, 0) is 6.18 Å². The van der Waals surface area contributed by atoms with Crippen molar-refractivity contribution in [2.75, 3.05) is 11.3 Å². The van der Waals surface area contributed by atoms with Gasteiger partial charge in [-0.2, -0.15) is 18.4 Å². The van der Waals surface area contributed by atoms with E-state index < -0.39 is 11.9 Å². The third kappa shape index (κ3) is 5.25. The van der Waals surface area contributed by atoms with Crippen LogP contribution in [0.4, 0.5) is 18.9 Å². The van der Waals surface area contributed by atoms with E-state index in [1.807, 2.05) is 43.5 Å². The summed E-state index contributed by atoms with van der Waals surface area (Å²) >= 11 is 1.60. The second-order valence-electron chi connectivity index (χ2n) is 8.54. The maximum absolute atomic E-state index is 13.5. The molecule has 0 radical (unpaired) electrons. The van der Waals surface area contributed by atoms with Gasteiger partial charge in [-0.3, -0.25) is 5.01 Å². The lowest BCUT2D eigenvalue weighted by molar-refractivity contribution is -0.141. The van der Waals surface area contributed by atoms with Crippen molar-refractivity contribution in [1.29, 1.82) is 5.26 Å². The van der Waals surface area contributed by atoms with E-state index >= 15 is 0 Å². The Balaban J connectivity index is 1.92. The molecular formula is C28H25F3N6S. The second-order valence-corrected chi connectivity index (χ2v) is 9.42. The van der Waals surface area contributed by atoms with Crippen LogP contribution in [0.3, 0.4) is 0 Å². The van der Waals surface area contributed by atoms with Gasteiger partial charge in [0.15, 0.2) is 5.69 Å². The Bertz CT molecular complexity index is 1570. The lowest BCUT2D eigenvalue weighted by atomic mass is 10.0. The number of alkyl halides is 3. The fraction of sp³-hybridized carbons (Fsp3) is 0.143. The number of rotatable bonds is 6. The predicted molar refractivity (Wildman–Crippen MR) is 145 cm³/mol. The zero-order chi connectivity index (χ0) is 27.6. The van der Waals surface area contributed by atoms with Crippen molar-refractivity contribution in [3.63, 3.8) is 0 Å². The molecule has 0 fully saturated rings. The van der Waals surface area contributed by atoms with E-state index in [9.17, 15) is 18.4 Å². The number of anilines is 1. The lowest BCUT2D eigenvalue weighted by Crippen LogP contribution is -2.31. The monoisotopic (exact) mass is 534 g/mol. The number of hydrazine groups is 1. The van der Waals surface area contributed by atoms with Gasteiger partial charge >= 0.3 is 6.18 Å². The summed E-state index contributed by atoms with van der Waals surface area (Å²) in [5.41, 5.74) is 9.68. The van der Waals surface area contributed by atoms with E-state index in [1.165, 1.54) is 22.7 Å². The highest BCUT2D eigenvalue weighted by Gasteiger charge is 2.35. The minimum atomic E-state index is -4.60. The molecule has 0 aliphatic rings. The van der Waals surface area contributed by atoms with Gasteiger partial charge in [-0.25, -0.2) is 10.8 Å². The molecule has 6 nitrogen and oxygen atoms in total. The highest BCUT2D eigenvalue weighted by atomic mass is 32.2. The number of aromatic nitrogens is 2. The highest BCUT2D eigenvalue weighted by Crippen LogP contribution is 2.36. The molecule has 3 aromatic carbocycles. The maximum Gasteiger partial charge on any atom is 0.434 e. The van der Waals surface area contributed by atoms with Gasteiger partial charge in [-0.05, 0) is 67.1 Å². The summed E-state index contributed by atoms with van der Waals surface area (Å²) in [6.07, 6.45) is -0.376. The van der Waals surface area contributed by atoms with Crippen LogP contribution < -0.4 is 16.6 Å². The number of nitrogens with zero attached hydrogens (tertiary/aromatic N) is 4. The number of thioether (sulfide) groups is 1. The molecule has 0 amide bonds. The van der Waals surface area contributed by atoms with E-state index in [2.05, 4.69) is 11.1 Å². The lowest BCUT2D eigenvalue weighted by Gasteiger charge is -2.26. The van der Waals surface area contributed by atoms with Crippen molar-refractivity contribution >= 4 is 23.1 Å². The molecule has 1 aromatic heterocycles. The Morgan fingerprint density at radius 3 is 2.45 bits per heavy atom. The van der Waals surface area contributed by atoms with Crippen molar-refractivity contribution in [2.45, 2.75) is 24.9 Å². The predicted octanol–water partition coefficient (Wildman–Crippen LogP) is 6.41. The molecule has 0 saturated carbocycles. The second kappa shape index (κ2) is 10.7. The average molecular weight is 535 g/mol. The number of hydrogen-bond acceptors (Lipinski definition) is 6. The number of imidazole rings is 1. The van der Waals surface area contributed by atoms with Crippen molar-refractivity contribution in [3.05, 3.63) is 101 Å². The molecule has 0 atom stereocenters. The standard InChI is InChI=1S/C28H25F3N6S/c1-17-7-8-21(11-22(17)14-32)26(15-33)37(34)25-13-20(19-5-4-6-23(12-19)38-3)9-10-24(25)36-16-27(28(29,30)31)35-18(36)2/h4-13,15-16H,33-34H2,1-3H3/b26-15-. The van der Waals surface area contributed by atoms with Crippen LogP contribution in [0.5, 0.6) is 0 Å². The van der Waals surface area contributed by atoms with Gasteiger partial charge in [-0.1, -0.05) is 30.3 Å². The number of nitriles is 1. The smallest absolute Gasteiger partial charge is 0.403 e. The molecule has 0 spiro atoms. The van der Waals surface area contributed by atoms with E-state index in [0.717, 1.165) is 27.8 Å². The fourth-order valence-electron chi connectivity index (χ4n) is 4.10. The van der Waals surface area contributed by atoms with E-state index in [-0.39, 0.29) is 5.82 Å². The van der Waals surface area contributed by atoms with Gasteiger partial charge in [0, 0.05) is 22.9 Å². The fourth-order valence-corrected chi connectivity index (χ4v) is 4.56. The molecule has 0 unspecified atom stereocenters. The van der Waals surface area contributed by atoms with Crippen LogP contribution >= 0.6 is 11.8 Å². The number of benzene rings is 3. The molecule has 1 heterocycles. The van der Waals surface area contributed by atoms with Gasteiger partial charge in [0.05, 0.1) is 28.7 Å². The van der Waals surface area contributed by atoms with Crippen molar-refractivity contribution in [3.8, 4) is 22.9 Å². The third-order valence-electron chi connectivity index (χ3n) is 6.14. The zero-order valence-electron chi connectivity index (χ0n) is 20.9. The summed E-state index contributed by atoms with van der Waals surface area (Å²) in [5.74, 6) is 6.78. The minimum absolute atomic E-state index is 0.143. The van der Waals surface area contributed by atoms with Crippen molar-refractivity contribution < 1.29 is 13.2 Å². The summed E-state index contributed by atoms with van der Waals surface area (Å²) < 4.78 is 41.7. The number of nitrogens with two attached hydrogens (primary N) is 2. The molecule has 4 N–H and O–H groups in total.